The molecule has 1 atom stereocenters. The predicted molar refractivity (Wildman–Crippen MR) is 104 cm³/mol. The van der Waals surface area contributed by atoms with Crippen molar-refractivity contribution >= 4 is 5.96 Å². The molecule has 27 heavy (non-hydrogen) atoms. The second-order valence-corrected chi connectivity index (χ2v) is 7.51. The minimum atomic E-state index is -1.09. The van der Waals surface area contributed by atoms with Gasteiger partial charge in [0.1, 0.15) is 11.4 Å². The van der Waals surface area contributed by atoms with Gasteiger partial charge in [-0.25, -0.2) is 9.38 Å². The van der Waals surface area contributed by atoms with Gasteiger partial charge in [-0.2, -0.15) is 5.10 Å². The second-order valence-electron chi connectivity index (χ2n) is 7.51. The van der Waals surface area contributed by atoms with Crippen molar-refractivity contribution in [1.82, 2.24) is 20.4 Å². The van der Waals surface area contributed by atoms with Crippen LogP contribution in [0.15, 0.2) is 41.7 Å². The van der Waals surface area contributed by atoms with Crippen LogP contribution in [0.3, 0.4) is 0 Å². The van der Waals surface area contributed by atoms with Crippen molar-refractivity contribution in [3.05, 3.63) is 53.6 Å². The number of nitrogens with zero attached hydrogens (tertiary/aromatic N) is 3. The number of halogens is 1. The first-order valence-electron chi connectivity index (χ1n) is 9.34. The van der Waals surface area contributed by atoms with Gasteiger partial charge in [0.2, 0.25) is 0 Å². The van der Waals surface area contributed by atoms with Crippen molar-refractivity contribution in [2.24, 2.45) is 12.0 Å². The van der Waals surface area contributed by atoms with Gasteiger partial charge < -0.3 is 15.7 Å². The standard InChI is InChI=1S/C20H28FN5O/c1-4-22-18(23-13-19(2,27)16-11-25-26(3)12-16)24-14-20(9-10-20)15-5-7-17(21)8-6-15/h5-8,11-12,27H,4,9-10,13-14H2,1-3H3,(H2,22,23,24). The number of hydrogen-bond donors (Lipinski definition) is 3. The van der Waals surface area contributed by atoms with E-state index in [4.69, 9.17) is 0 Å². The summed E-state index contributed by atoms with van der Waals surface area (Å²) in [5.74, 6) is 0.449. The number of guanidine groups is 1. The van der Waals surface area contributed by atoms with Gasteiger partial charge in [0.15, 0.2) is 5.96 Å². The third kappa shape index (κ3) is 4.66. The minimum Gasteiger partial charge on any atom is -0.383 e. The molecule has 1 fully saturated rings. The molecule has 3 N–H and O–H groups in total. The van der Waals surface area contributed by atoms with Gasteiger partial charge in [-0.05, 0) is 44.4 Å². The van der Waals surface area contributed by atoms with Crippen LogP contribution in [0.4, 0.5) is 4.39 Å². The van der Waals surface area contributed by atoms with Crippen molar-refractivity contribution in [3.8, 4) is 0 Å². The lowest BCUT2D eigenvalue weighted by Crippen LogP contribution is -2.42. The maximum atomic E-state index is 13.2. The Bertz CT molecular complexity index is 793. The number of aryl methyl sites for hydroxylation is 1. The van der Waals surface area contributed by atoms with E-state index < -0.39 is 5.60 Å². The molecule has 0 saturated heterocycles. The van der Waals surface area contributed by atoms with Crippen LogP contribution in [0.25, 0.3) is 0 Å². The molecular weight excluding hydrogens is 345 g/mol. The zero-order valence-corrected chi connectivity index (χ0v) is 16.2. The fourth-order valence-electron chi connectivity index (χ4n) is 3.14. The van der Waals surface area contributed by atoms with Crippen LogP contribution in [-0.2, 0) is 18.1 Å². The molecule has 146 valence electrons. The van der Waals surface area contributed by atoms with Crippen molar-refractivity contribution < 1.29 is 9.50 Å². The molecule has 1 heterocycles. The Hall–Kier alpha value is -2.41. The zero-order chi connectivity index (χ0) is 19.5. The fourth-order valence-corrected chi connectivity index (χ4v) is 3.14. The number of aromatic nitrogens is 2. The molecule has 0 amide bonds. The SMILES string of the molecule is CCNC(=NCC(C)(O)c1cnn(C)c1)NCC1(c2ccc(F)cc2)CC1. The van der Waals surface area contributed by atoms with Crippen LogP contribution in [0.1, 0.15) is 37.8 Å². The summed E-state index contributed by atoms with van der Waals surface area (Å²) in [5.41, 5.74) is 0.824. The minimum absolute atomic E-state index is 0.0375. The topological polar surface area (TPSA) is 74.5 Å². The molecule has 1 aliphatic carbocycles. The fraction of sp³-hybridized carbons (Fsp3) is 0.500. The summed E-state index contributed by atoms with van der Waals surface area (Å²) in [5, 5.41) is 21.4. The van der Waals surface area contributed by atoms with Crippen molar-refractivity contribution in [1.29, 1.82) is 0 Å². The molecule has 3 rings (SSSR count). The number of hydrogen-bond acceptors (Lipinski definition) is 3. The summed E-state index contributed by atoms with van der Waals surface area (Å²) < 4.78 is 14.9. The van der Waals surface area contributed by atoms with E-state index in [9.17, 15) is 9.50 Å². The molecule has 0 bridgehead atoms. The molecule has 6 nitrogen and oxygen atoms in total. The highest BCUT2D eigenvalue weighted by Gasteiger charge is 2.44. The van der Waals surface area contributed by atoms with E-state index in [1.807, 2.05) is 26.1 Å². The maximum absolute atomic E-state index is 13.2. The van der Waals surface area contributed by atoms with E-state index in [1.165, 1.54) is 12.1 Å². The van der Waals surface area contributed by atoms with Crippen LogP contribution in [0.2, 0.25) is 0 Å². The van der Waals surface area contributed by atoms with E-state index >= 15 is 0 Å². The Labute approximate surface area is 159 Å². The molecular formula is C20H28FN5O. The summed E-state index contributed by atoms with van der Waals surface area (Å²) in [6.07, 6.45) is 5.59. The Morgan fingerprint density at radius 1 is 1.33 bits per heavy atom. The quantitative estimate of drug-likeness (QED) is 0.513. The van der Waals surface area contributed by atoms with Crippen LogP contribution in [0, 0.1) is 5.82 Å². The highest BCUT2D eigenvalue weighted by molar-refractivity contribution is 5.80. The highest BCUT2D eigenvalue weighted by atomic mass is 19.1. The lowest BCUT2D eigenvalue weighted by molar-refractivity contribution is 0.0672. The number of aliphatic imine (C=N–C) groups is 1. The maximum Gasteiger partial charge on any atom is 0.191 e. The summed E-state index contributed by atoms with van der Waals surface area (Å²) in [4.78, 5) is 4.56. The van der Waals surface area contributed by atoms with Gasteiger partial charge in [0, 0.05) is 37.3 Å². The monoisotopic (exact) mass is 373 g/mol. The van der Waals surface area contributed by atoms with Gasteiger partial charge in [0.05, 0.1) is 12.7 Å². The smallest absolute Gasteiger partial charge is 0.191 e. The Balaban J connectivity index is 1.65. The molecule has 0 spiro atoms. The van der Waals surface area contributed by atoms with Gasteiger partial charge in [0.25, 0.3) is 0 Å². The normalized spacial score (nSPS) is 18.0. The molecule has 1 aromatic carbocycles. The van der Waals surface area contributed by atoms with Crippen LogP contribution >= 0.6 is 0 Å². The van der Waals surface area contributed by atoms with E-state index in [-0.39, 0.29) is 17.8 Å². The number of benzene rings is 1. The molecule has 7 heteroatoms. The van der Waals surface area contributed by atoms with Crippen molar-refractivity contribution in [3.63, 3.8) is 0 Å². The molecule has 1 unspecified atom stereocenters. The number of rotatable bonds is 7. The molecule has 0 radical (unpaired) electrons. The third-order valence-corrected chi connectivity index (χ3v) is 5.12. The van der Waals surface area contributed by atoms with Gasteiger partial charge in [-0.15, -0.1) is 0 Å². The predicted octanol–water partition coefficient (Wildman–Crippen LogP) is 2.05. The Morgan fingerprint density at radius 2 is 2.04 bits per heavy atom. The highest BCUT2D eigenvalue weighted by Crippen LogP contribution is 2.47. The summed E-state index contributed by atoms with van der Waals surface area (Å²) in [7, 11) is 1.82. The Morgan fingerprint density at radius 3 is 2.59 bits per heavy atom. The van der Waals surface area contributed by atoms with Crippen LogP contribution < -0.4 is 10.6 Å². The lowest BCUT2D eigenvalue weighted by atomic mass is 9.96. The summed E-state index contributed by atoms with van der Waals surface area (Å²) in [6, 6.07) is 6.75. The first kappa shape index (κ1) is 19.4. The van der Waals surface area contributed by atoms with Gasteiger partial charge in [-0.1, -0.05) is 12.1 Å². The second kappa shape index (κ2) is 7.68. The Kier molecular flexibility index (Phi) is 5.51. The van der Waals surface area contributed by atoms with Crippen LogP contribution in [-0.4, -0.2) is 40.5 Å². The number of aliphatic hydroxyl groups is 1. The summed E-state index contributed by atoms with van der Waals surface area (Å²) in [6.45, 7) is 5.41. The zero-order valence-electron chi connectivity index (χ0n) is 16.2. The molecule has 2 aromatic rings. The molecule has 1 aromatic heterocycles. The van der Waals surface area contributed by atoms with Crippen molar-refractivity contribution in [2.75, 3.05) is 19.6 Å². The van der Waals surface area contributed by atoms with Gasteiger partial charge in [-0.3, -0.25) is 4.68 Å². The largest absolute Gasteiger partial charge is 0.383 e. The first-order chi connectivity index (χ1) is 12.8. The van der Waals surface area contributed by atoms with E-state index in [2.05, 4.69) is 20.7 Å². The van der Waals surface area contributed by atoms with Crippen molar-refractivity contribution in [2.45, 2.75) is 37.7 Å². The van der Waals surface area contributed by atoms with E-state index in [0.29, 0.717) is 5.96 Å². The summed E-state index contributed by atoms with van der Waals surface area (Å²) >= 11 is 0. The molecule has 1 saturated carbocycles. The first-order valence-corrected chi connectivity index (χ1v) is 9.34. The van der Waals surface area contributed by atoms with E-state index in [0.717, 1.165) is 37.1 Å². The lowest BCUT2D eigenvalue weighted by Gasteiger charge is -2.22. The van der Waals surface area contributed by atoms with E-state index in [1.54, 1.807) is 24.0 Å². The average Bonchev–Trinajstić information content (AvgIpc) is 3.30. The molecule has 0 aliphatic heterocycles. The van der Waals surface area contributed by atoms with Crippen LogP contribution in [0.5, 0.6) is 0 Å². The van der Waals surface area contributed by atoms with Gasteiger partial charge >= 0.3 is 0 Å². The number of nitrogens with one attached hydrogen (secondary N) is 2. The molecule has 1 aliphatic rings. The average molecular weight is 373 g/mol. The third-order valence-electron chi connectivity index (χ3n) is 5.12.